The third kappa shape index (κ3) is 6.25. The Morgan fingerprint density at radius 3 is 1.32 bits per heavy atom. The first-order chi connectivity index (χ1) is 31.8. The highest BCUT2D eigenvalue weighted by atomic mass is 32.1. The van der Waals surface area contributed by atoms with Crippen LogP contribution in [0.15, 0.2) is 212 Å². The van der Waals surface area contributed by atoms with Crippen molar-refractivity contribution < 1.29 is 0 Å². The number of hydrogen-bond donors (Lipinski definition) is 0. The minimum absolute atomic E-state index is 0.128. The zero-order chi connectivity index (χ0) is 43.9. The van der Waals surface area contributed by atoms with Crippen LogP contribution in [0.3, 0.4) is 0 Å². The van der Waals surface area contributed by atoms with Crippen LogP contribution in [0, 0.1) is 0 Å². The average molecular weight is 870 g/mol. The molecule has 0 unspecified atom stereocenters. The van der Waals surface area contributed by atoms with Gasteiger partial charge in [-0.25, -0.2) is 0 Å². The number of hydrogen-bond acceptors (Lipinski definition) is 3. The summed E-state index contributed by atoms with van der Waals surface area (Å²) in [5, 5.41) is 0. The molecule has 0 saturated heterocycles. The molecule has 0 N–H and O–H groups in total. The number of fused-ring (bicyclic) bond motifs is 6. The molecule has 0 atom stereocenters. The van der Waals surface area contributed by atoms with Crippen LogP contribution in [0.4, 0.5) is 17.1 Å². The van der Waals surface area contributed by atoms with Crippen molar-refractivity contribution in [2.24, 2.45) is 0 Å². The van der Waals surface area contributed by atoms with Gasteiger partial charge in [0.15, 0.2) is 0 Å². The van der Waals surface area contributed by atoms with Gasteiger partial charge in [0.25, 0.3) is 0 Å². The molecule has 3 heteroatoms. The van der Waals surface area contributed by atoms with Crippen LogP contribution in [-0.2, 0) is 10.8 Å². The summed E-state index contributed by atoms with van der Waals surface area (Å²) in [6.45, 7) is 9.62. The molecule has 0 spiro atoms. The zero-order valence-corrected chi connectivity index (χ0v) is 38.6. The highest BCUT2D eigenvalue weighted by molar-refractivity contribution is 7.19. The summed E-state index contributed by atoms with van der Waals surface area (Å²) >= 11 is 3.95. The summed E-state index contributed by atoms with van der Waals surface area (Å²) in [6, 6.07) is 78.3. The van der Waals surface area contributed by atoms with Gasteiger partial charge in [0.05, 0.1) is 5.69 Å². The van der Waals surface area contributed by atoms with E-state index in [1.807, 2.05) is 22.7 Å². The third-order valence-corrected chi connectivity index (χ3v) is 16.9. The number of benzene rings is 8. The van der Waals surface area contributed by atoms with Gasteiger partial charge in [0.1, 0.15) is 0 Å². The first kappa shape index (κ1) is 39.5. The van der Waals surface area contributed by atoms with Gasteiger partial charge in [0.2, 0.25) is 0 Å². The van der Waals surface area contributed by atoms with Gasteiger partial charge in [-0.05, 0) is 80.4 Å². The Bertz CT molecular complexity index is 3390. The second-order valence-electron chi connectivity index (χ2n) is 18.4. The van der Waals surface area contributed by atoms with E-state index in [4.69, 9.17) is 0 Å². The van der Waals surface area contributed by atoms with E-state index in [1.165, 1.54) is 97.4 Å². The van der Waals surface area contributed by atoms with E-state index in [0.29, 0.717) is 0 Å². The maximum atomic E-state index is 2.47. The topological polar surface area (TPSA) is 3.24 Å². The van der Waals surface area contributed by atoms with E-state index in [-0.39, 0.29) is 10.8 Å². The van der Waals surface area contributed by atoms with Crippen LogP contribution in [0.1, 0.15) is 48.6 Å². The molecule has 10 aromatic rings. The van der Waals surface area contributed by atoms with Crippen LogP contribution in [0.2, 0.25) is 0 Å². The van der Waals surface area contributed by atoms with Gasteiger partial charge < -0.3 is 4.90 Å². The molecular weight excluding hydrogens is 823 g/mol. The monoisotopic (exact) mass is 869 g/mol. The van der Waals surface area contributed by atoms with Gasteiger partial charge in [-0.15, -0.1) is 22.7 Å². The largest absolute Gasteiger partial charge is 0.310 e. The Balaban J connectivity index is 1.07. The highest BCUT2D eigenvalue weighted by Gasteiger charge is 2.45. The first-order valence-corrected chi connectivity index (χ1v) is 24.2. The van der Waals surface area contributed by atoms with Gasteiger partial charge in [-0.1, -0.05) is 210 Å². The minimum Gasteiger partial charge on any atom is -0.310 e. The van der Waals surface area contributed by atoms with E-state index in [0.717, 1.165) is 17.1 Å². The standard InChI is InChI=1S/C62H47NS2/c1-61(2)50-31-19-17-30-48(50)49-38-37-46(39-51(49)61)63(52-32-20-18-29-47(52)40-21-9-5-10-22-40)45-35-33-42(34-36-45)54-56-55-53(41-23-11-6-12-24-41)57(43-25-13-7-14-26-43)64-59(55)62(3,4)60(56)65-58(54)44-27-15-8-16-28-44/h5-39H,1-4H3. The highest BCUT2D eigenvalue weighted by Crippen LogP contribution is 2.65. The molecule has 312 valence electrons. The second-order valence-corrected chi connectivity index (χ2v) is 20.5. The maximum absolute atomic E-state index is 2.47. The second kappa shape index (κ2) is 15.3. The van der Waals surface area contributed by atoms with Crippen molar-refractivity contribution in [3.05, 3.63) is 233 Å². The summed E-state index contributed by atoms with van der Waals surface area (Å²) in [5.74, 6) is 0. The lowest BCUT2D eigenvalue weighted by atomic mass is 9.82. The van der Waals surface area contributed by atoms with Gasteiger partial charge in [-0.3, -0.25) is 0 Å². The Kier molecular flexibility index (Phi) is 9.31. The number of rotatable bonds is 8. The SMILES string of the molecule is CC1(C)c2ccccc2-c2ccc(N(c3ccc(-c4c(-c5ccccc5)sc5c4-c4c(sc(-c6ccccc6)c4-c4ccccc4)C5(C)C)cc3)c3ccccc3-c3ccccc3)cc21. The summed E-state index contributed by atoms with van der Waals surface area (Å²) in [6.07, 6.45) is 0. The molecule has 12 rings (SSSR count). The van der Waals surface area contributed by atoms with E-state index in [2.05, 4.69) is 245 Å². The Hall–Kier alpha value is -7.04. The number of para-hydroxylation sites is 1. The average Bonchev–Trinajstić information content (AvgIpc) is 4.07. The van der Waals surface area contributed by atoms with E-state index in [1.54, 1.807) is 0 Å². The van der Waals surface area contributed by atoms with Gasteiger partial charge >= 0.3 is 0 Å². The fourth-order valence-corrected chi connectivity index (χ4v) is 13.6. The van der Waals surface area contributed by atoms with Crippen molar-refractivity contribution in [2.45, 2.75) is 38.5 Å². The van der Waals surface area contributed by atoms with Gasteiger partial charge in [-0.2, -0.15) is 0 Å². The summed E-state index contributed by atoms with van der Waals surface area (Å²) < 4.78 is 0. The molecule has 0 fully saturated rings. The molecule has 2 aliphatic rings. The van der Waals surface area contributed by atoms with E-state index >= 15 is 0 Å². The first-order valence-electron chi connectivity index (χ1n) is 22.6. The van der Waals surface area contributed by atoms with Crippen molar-refractivity contribution in [3.8, 4) is 76.5 Å². The predicted molar refractivity (Wildman–Crippen MR) is 279 cm³/mol. The van der Waals surface area contributed by atoms with Crippen LogP contribution in [0.25, 0.3) is 76.5 Å². The van der Waals surface area contributed by atoms with Gasteiger partial charge in [0, 0.05) is 69.5 Å². The van der Waals surface area contributed by atoms with Crippen LogP contribution in [-0.4, -0.2) is 0 Å². The molecule has 0 saturated carbocycles. The van der Waals surface area contributed by atoms with E-state index < -0.39 is 0 Å². The lowest BCUT2D eigenvalue weighted by molar-refractivity contribution is 0.660. The fraction of sp³-hybridized carbons (Fsp3) is 0.0968. The number of thiophene rings is 2. The van der Waals surface area contributed by atoms with Crippen LogP contribution < -0.4 is 4.90 Å². The van der Waals surface area contributed by atoms with Crippen molar-refractivity contribution in [2.75, 3.05) is 4.90 Å². The smallest absolute Gasteiger partial charge is 0.0540 e. The maximum Gasteiger partial charge on any atom is 0.0540 e. The molecular formula is C62H47NS2. The van der Waals surface area contributed by atoms with Crippen LogP contribution in [0.5, 0.6) is 0 Å². The van der Waals surface area contributed by atoms with E-state index in [9.17, 15) is 0 Å². The molecule has 8 aromatic carbocycles. The number of nitrogens with zero attached hydrogens (tertiary/aromatic N) is 1. The molecule has 0 amide bonds. The molecule has 0 bridgehead atoms. The molecule has 2 heterocycles. The van der Waals surface area contributed by atoms with Crippen molar-refractivity contribution in [1.82, 2.24) is 0 Å². The minimum atomic E-state index is -0.169. The van der Waals surface area contributed by atoms with Crippen molar-refractivity contribution >= 4 is 39.7 Å². The van der Waals surface area contributed by atoms with Crippen LogP contribution >= 0.6 is 22.7 Å². The zero-order valence-electron chi connectivity index (χ0n) is 37.0. The summed E-state index contributed by atoms with van der Waals surface area (Å²) in [4.78, 5) is 8.01. The fourth-order valence-electron chi connectivity index (χ4n) is 10.6. The molecule has 65 heavy (non-hydrogen) atoms. The summed E-state index contributed by atoms with van der Waals surface area (Å²) in [7, 11) is 0. The third-order valence-electron chi connectivity index (χ3n) is 13.8. The molecule has 0 aliphatic heterocycles. The number of anilines is 3. The molecule has 0 radical (unpaired) electrons. The van der Waals surface area contributed by atoms with Crippen molar-refractivity contribution in [3.63, 3.8) is 0 Å². The lowest BCUT2D eigenvalue weighted by Crippen LogP contribution is -2.16. The molecule has 1 nitrogen and oxygen atoms in total. The Morgan fingerprint density at radius 2 is 0.754 bits per heavy atom. The molecule has 2 aromatic heterocycles. The summed E-state index contributed by atoms with van der Waals surface area (Å²) in [5.41, 5.74) is 21.3. The van der Waals surface area contributed by atoms with Crippen molar-refractivity contribution in [1.29, 1.82) is 0 Å². The molecule has 2 aliphatic carbocycles. The Labute approximate surface area is 390 Å². The Morgan fingerprint density at radius 1 is 0.323 bits per heavy atom. The quantitative estimate of drug-likeness (QED) is 0.147. The lowest BCUT2D eigenvalue weighted by Gasteiger charge is -2.30. The predicted octanol–water partition coefficient (Wildman–Crippen LogP) is 18.2. The normalized spacial score (nSPS) is 13.8.